The monoisotopic (exact) mass is 336 g/mol. The summed E-state index contributed by atoms with van der Waals surface area (Å²) in [7, 11) is 0. The minimum atomic E-state index is -0.249. The first-order valence-corrected chi connectivity index (χ1v) is 8.97. The lowest BCUT2D eigenvalue weighted by Crippen LogP contribution is -2.48. The predicted molar refractivity (Wildman–Crippen MR) is 98.0 cm³/mol. The molecule has 0 saturated heterocycles. The maximum Gasteiger partial charge on any atom is 0.272 e. The molecule has 1 N–H and O–H groups in total. The van der Waals surface area contributed by atoms with E-state index >= 15 is 0 Å². The first-order valence-electron chi connectivity index (χ1n) is 8.97. The Morgan fingerprint density at radius 2 is 1.40 bits per heavy atom. The molecule has 0 heterocycles. The smallest absolute Gasteiger partial charge is 0.267 e. The molecule has 0 unspecified atom stereocenters. The quantitative estimate of drug-likeness (QED) is 0.856. The molecule has 0 radical (unpaired) electrons. The summed E-state index contributed by atoms with van der Waals surface area (Å²) in [4.78, 5) is 25.4. The number of nitrogens with one attached hydrogen (secondary N) is 1. The van der Waals surface area contributed by atoms with Crippen LogP contribution in [0.4, 0.5) is 0 Å². The summed E-state index contributed by atoms with van der Waals surface area (Å²) in [6.45, 7) is 0.562. The van der Waals surface area contributed by atoms with Crippen molar-refractivity contribution in [3.63, 3.8) is 0 Å². The van der Waals surface area contributed by atoms with E-state index in [1.54, 1.807) is 24.3 Å². The van der Waals surface area contributed by atoms with Gasteiger partial charge >= 0.3 is 0 Å². The van der Waals surface area contributed by atoms with Crippen molar-refractivity contribution in [1.29, 1.82) is 0 Å². The summed E-state index contributed by atoms with van der Waals surface area (Å²) in [5.41, 5.74) is 3.97. The molecule has 130 valence electrons. The van der Waals surface area contributed by atoms with Gasteiger partial charge in [-0.25, -0.2) is 5.01 Å². The highest BCUT2D eigenvalue weighted by molar-refractivity contribution is 5.99. The normalized spacial score (nSPS) is 14.7. The number of carbonyl (C=O) groups is 2. The van der Waals surface area contributed by atoms with Gasteiger partial charge in [-0.15, -0.1) is 0 Å². The van der Waals surface area contributed by atoms with Crippen LogP contribution in [-0.2, 0) is 0 Å². The van der Waals surface area contributed by atoms with Crippen molar-refractivity contribution in [2.75, 3.05) is 6.54 Å². The number of amides is 2. The average molecular weight is 336 g/mol. The highest BCUT2D eigenvalue weighted by Gasteiger charge is 2.23. The number of nitrogens with zero attached hydrogens (tertiary/aromatic N) is 1. The van der Waals surface area contributed by atoms with Gasteiger partial charge in [0, 0.05) is 17.7 Å². The molecule has 0 aliphatic heterocycles. The second-order valence-electron chi connectivity index (χ2n) is 6.59. The molecular formula is C21H24N2O2. The fourth-order valence-electron chi connectivity index (χ4n) is 3.32. The molecule has 2 amide bonds. The fraction of sp³-hybridized carbons (Fsp3) is 0.333. The van der Waals surface area contributed by atoms with Crippen molar-refractivity contribution in [2.24, 2.45) is 5.92 Å². The minimum Gasteiger partial charge on any atom is -0.267 e. The summed E-state index contributed by atoms with van der Waals surface area (Å²) in [5.74, 6) is 0.0358. The zero-order valence-electron chi connectivity index (χ0n) is 14.4. The van der Waals surface area contributed by atoms with E-state index in [0.29, 0.717) is 23.6 Å². The first kappa shape index (κ1) is 17.2. The van der Waals surface area contributed by atoms with Crippen molar-refractivity contribution in [3.8, 4) is 0 Å². The molecular weight excluding hydrogens is 312 g/mol. The fourth-order valence-corrected chi connectivity index (χ4v) is 3.32. The maximum atomic E-state index is 12.9. The van der Waals surface area contributed by atoms with Gasteiger partial charge in [0.2, 0.25) is 0 Å². The maximum absolute atomic E-state index is 12.9. The highest BCUT2D eigenvalue weighted by Crippen LogP contribution is 2.24. The van der Waals surface area contributed by atoms with Crippen molar-refractivity contribution < 1.29 is 9.59 Å². The number of hydrogen-bond acceptors (Lipinski definition) is 2. The Kier molecular flexibility index (Phi) is 5.83. The second-order valence-corrected chi connectivity index (χ2v) is 6.59. The molecule has 0 bridgehead atoms. The van der Waals surface area contributed by atoms with Gasteiger partial charge in [-0.3, -0.25) is 15.0 Å². The van der Waals surface area contributed by atoms with Gasteiger partial charge in [-0.05, 0) is 43.0 Å². The van der Waals surface area contributed by atoms with Crippen LogP contribution in [0, 0.1) is 5.92 Å². The van der Waals surface area contributed by atoms with Crippen LogP contribution >= 0.6 is 0 Å². The van der Waals surface area contributed by atoms with Gasteiger partial charge < -0.3 is 0 Å². The third kappa shape index (κ3) is 4.69. The summed E-state index contributed by atoms with van der Waals surface area (Å²) in [5, 5.41) is 1.50. The highest BCUT2D eigenvalue weighted by atomic mass is 16.2. The topological polar surface area (TPSA) is 49.4 Å². The Balaban J connectivity index is 1.75. The molecule has 0 atom stereocenters. The van der Waals surface area contributed by atoms with Crippen LogP contribution in [0.1, 0.15) is 52.8 Å². The van der Waals surface area contributed by atoms with Crippen LogP contribution in [0.15, 0.2) is 60.7 Å². The molecule has 1 fully saturated rings. The van der Waals surface area contributed by atoms with E-state index in [1.165, 1.54) is 24.3 Å². The Hall–Kier alpha value is -2.62. The van der Waals surface area contributed by atoms with Gasteiger partial charge in [0.1, 0.15) is 0 Å². The molecule has 0 spiro atoms. The molecule has 4 heteroatoms. The van der Waals surface area contributed by atoms with Crippen molar-refractivity contribution in [2.45, 2.75) is 32.1 Å². The summed E-state index contributed by atoms with van der Waals surface area (Å²) in [6, 6.07) is 18.1. The lowest BCUT2D eigenvalue weighted by molar-refractivity contribution is 0.0531. The predicted octanol–water partition coefficient (Wildman–Crippen LogP) is 4.05. The van der Waals surface area contributed by atoms with Crippen molar-refractivity contribution >= 4 is 11.8 Å². The van der Waals surface area contributed by atoms with E-state index in [9.17, 15) is 9.59 Å². The molecule has 25 heavy (non-hydrogen) atoms. The third-order valence-electron chi connectivity index (χ3n) is 4.70. The lowest BCUT2D eigenvalue weighted by Gasteiger charge is -2.30. The van der Waals surface area contributed by atoms with Gasteiger partial charge in [0.15, 0.2) is 0 Å². The number of hydrogen-bond donors (Lipinski definition) is 1. The van der Waals surface area contributed by atoms with Crippen LogP contribution in [0.2, 0.25) is 0 Å². The number of rotatable bonds is 4. The zero-order chi connectivity index (χ0) is 17.5. The van der Waals surface area contributed by atoms with E-state index in [1.807, 2.05) is 36.4 Å². The van der Waals surface area contributed by atoms with Gasteiger partial charge in [-0.1, -0.05) is 55.7 Å². The van der Waals surface area contributed by atoms with Crippen LogP contribution in [0.3, 0.4) is 0 Å². The van der Waals surface area contributed by atoms with Crippen LogP contribution in [0.5, 0.6) is 0 Å². The molecule has 0 aromatic heterocycles. The Morgan fingerprint density at radius 3 is 2.00 bits per heavy atom. The SMILES string of the molecule is O=C(NN(CC1CCCCC1)C(=O)c1ccccc1)c1ccccc1. The lowest BCUT2D eigenvalue weighted by atomic mass is 9.89. The molecule has 1 aliphatic rings. The van der Waals surface area contributed by atoms with Crippen molar-refractivity contribution in [3.05, 3.63) is 71.8 Å². The third-order valence-corrected chi connectivity index (χ3v) is 4.70. The second kappa shape index (κ2) is 8.47. The minimum absolute atomic E-state index is 0.157. The summed E-state index contributed by atoms with van der Waals surface area (Å²) < 4.78 is 0. The number of carbonyl (C=O) groups excluding carboxylic acids is 2. The molecule has 4 nitrogen and oxygen atoms in total. The average Bonchev–Trinajstić information content (AvgIpc) is 2.69. The van der Waals surface area contributed by atoms with Gasteiger partial charge in [0.05, 0.1) is 0 Å². The van der Waals surface area contributed by atoms with E-state index in [0.717, 1.165) is 12.8 Å². The van der Waals surface area contributed by atoms with Crippen LogP contribution in [-0.4, -0.2) is 23.4 Å². The van der Waals surface area contributed by atoms with Crippen molar-refractivity contribution in [1.82, 2.24) is 10.4 Å². The Morgan fingerprint density at radius 1 is 0.840 bits per heavy atom. The van der Waals surface area contributed by atoms with E-state index in [-0.39, 0.29) is 11.8 Å². The van der Waals surface area contributed by atoms with E-state index in [2.05, 4.69) is 5.43 Å². The zero-order valence-corrected chi connectivity index (χ0v) is 14.4. The molecule has 3 rings (SSSR count). The molecule has 2 aromatic rings. The molecule has 1 aliphatic carbocycles. The Labute approximate surface area is 148 Å². The van der Waals surface area contributed by atoms with Gasteiger partial charge in [0.25, 0.3) is 11.8 Å². The number of hydrazine groups is 1. The van der Waals surface area contributed by atoms with E-state index in [4.69, 9.17) is 0 Å². The standard InChI is InChI=1S/C21H24N2O2/c24-20(18-12-6-2-7-13-18)22-23(16-17-10-4-1-5-11-17)21(25)19-14-8-3-9-15-19/h2-3,6-9,12-15,17H,1,4-5,10-11,16H2,(H,22,24). The summed E-state index contributed by atoms with van der Waals surface area (Å²) >= 11 is 0. The van der Waals surface area contributed by atoms with Crippen LogP contribution in [0.25, 0.3) is 0 Å². The molecule has 1 saturated carbocycles. The van der Waals surface area contributed by atoms with Crippen LogP contribution < -0.4 is 5.43 Å². The molecule has 2 aromatic carbocycles. The Bertz CT molecular complexity index is 694. The summed E-state index contributed by atoms with van der Waals surface area (Å²) in [6.07, 6.45) is 5.88. The van der Waals surface area contributed by atoms with E-state index < -0.39 is 0 Å². The van der Waals surface area contributed by atoms with Gasteiger partial charge in [-0.2, -0.15) is 0 Å². The largest absolute Gasteiger partial charge is 0.272 e. The number of benzene rings is 2. The first-order chi connectivity index (χ1) is 12.2.